The lowest BCUT2D eigenvalue weighted by molar-refractivity contribution is -0.384. The summed E-state index contributed by atoms with van der Waals surface area (Å²) in [5, 5.41) is 14.5. The molecule has 2 aromatic rings. The van der Waals surface area contributed by atoms with E-state index in [9.17, 15) is 10.1 Å². The van der Waals surface area contributed by atoms with Crippen LogP contribution in [0.1, 0.15) is 19.2 Å². The number of thioether (sulfide) groups is 1. The molecule has 20 heavy (non-hydrogen) atoms. The Morgan fingerprint density at radius 1 is 1.50 bits per heavy atom. The van der Waals surface area contributed by atoms with Crippen molar-refractivity contribution in [3.8, 4) is 11.5 Å². The van der Waals surface area contributed by atoms with Crippen LogP contribution >= 0.6 is 11.8 Å². The second kappa shape index (κ2) is 6.38. The van der Waals surface area contributed by atoms with Gasteiger partial charge in [0, 0.05) is 12.1 Å². The number of hydrogen-bond donors (Lipinski definition) is 1. The summed E-state index contributed by atoms with van der Waals surface area (Å²) in [7, 11) is 0. The molecule has 1 aromatic carbocycles. The Kier molecular flexibility index (Phi) is 4.57. The predicted octanol–water partition coefficient (Wildman–Crippen LogP) is 2.87. The van der Waals surface area contributed by atoms with Crippen LogP contribution in [0.5, 0.6) is 0 Å². The molecule has 106 valence electrons. The maximum absolute atomic E-state index is 10.6. The summed E-state index contributed by atoms with van der Waals surface area (Å²) < 4.78 is 5.14. The number of nitrogen functional groups attached to an aromatic ring is 1. The maximum atomic E-state index is 10.6. The van der Waals surface area contributed by atoms with Crippen LogP contribution in [0, 0.1) is 10.1 Å². The van der Waals surface area contributed by atoms with Crippen LogP contribution in [0.15, 0.2) is 22.7 Å². The number of nitro benzene ring substituents is 1. The second-order valence-corrected chi connectivity index (χ2v) is 5.20. The molecule has 0 bridgehead atoms. The Morgan fingerprint density at radius 3 is 2.95 bits per heavy atom. The second-order valence-electron chi connectivity index (χ2n) is 4.10. The quantitative estimate of drug-likeness (QED) is 0.377. The molecule has 0 amide bonds. The lowest BCUT2D eigenvalue weighted by Gasteiger charge is -1.99. The molecule has 0 saturated carbocycles. The summed E-state index contributed by atoms with van der Waals surface area (Å²) in [6.45, 7) is 2.10. The summed E-state index contributed by atoms with van der Waals surface area (Å²) in [4.78, 5) is 14.4. The van der Waals surface area contributed by atoms with Gasteiger partial charge in [0.25, 0.3) is 11.6 Å². The molecule has 0 saturated heterocycles. The highest BCUT2D eigenvalue weighted by atomic mass is 32.2. The van der Waals surface area contributed by atoms with Gasteiger partial charge in [-0.25, -0.2) is 0 Å². The third kappa shape index (κ3) is 3.27. The predicted molar refractivity (Wildman–Crippen MR) is 77.3 cm³/mol. The molecule has 0 atom stereocenters. The summed E-state index contributed by atoms with van der Waals surface area (Å²) >= 11 is 1.72. The molecule has 8 heteroatoms. The van der Waals surface area contributed by atoms with E-state index in [0.29, 0.717) is 17.1 Å². The number of benzene rings is 1. The van der Waals surface area contributed by atoms with Gasteiger partial charge in [-0.05, 0) is 18.2 Å². The highest BCUT2D eigenvalue weighted by molar-refractivity contribution is 7.98. The van der Waals surface area contributed by atoms with Crippen molar-refractivity contribution in [3.63, 3.8) is 0 Å². The molecule has 0 unspecified atom stereocenters. The highest BCUT2D eigenvalue weighted by Gasteiger charge is 2.15. The fourth-order valence-corrected chi connectivity index (χ4v) is 2.32. The lowest BCUT2D eigenvalue weighted by Crippen LogP contribution is -1.94. The van der Waals surface area contributed by atoms with Gasteiger partial charge in [0.15, 0.2) is 5.82 Å². The van der Waals surface area contributed by atoms with Gasteiger partial charge in [-0.1, -0.05) is 12.1 Å². The minimum Gasteiger partial charge on any atom is -0.398 e. The monoisotopic (exact) mass is 294 g/mol. The van der Waals surface area contributed by atoms with Crippen LogP contribution in [0.2, 0.25) is 0 Å². The standard InChI is InChI=1S/C12H14N4O3S/c1-2-5-20-7-11-14-12(19-15-11)9-4-3-8(16(17)18)6-10(9)13/h3-4,6H,2,5,7,13H2,1H3. The van der Waals surface area contributed by atoms with E-state index in [0.717, 1.165) is 12.2 Å². The molecule has 0 fully saturated rings. The summed E-state index contributed by atoms with van der Waals surface area (Å²) in [5.41, 5.74) is 6.47. The van der Waals surface area contributed by atoms with Crippen molar-refractivity contribution < 1.29 is 9.45 Å². The van der Waals surface area contributed by atoms with Crippen molar-refractivity contribution in [3.05, 3.63) is 34.1 Å². The third-order valence-electron chi connectivity index (χ3n) is 2.52. The summed E-state index contributed by atoms with van der Waals surface area (Å²) in [5.74, 6) is 2.58. The molecular formula is C12H14N4O3S. The number of hydrogen-bond acceptors (Lipinski definition) is 7. The normalized spacial score (nSPS) is 10.7. The molecule has 1 heterocycles. The van der Waals surface area contributed by atoms with Crippen LogP contribution in [-0.2, 0) is 5.75 Å². The number of aromatic nitrogens is 2. The number of anilines is 1. The van der Waals surface area contributed by atoms with E-state index in [-0.39, 0.29) is 17.3 Å². The summed E-state index contributed by atoms with van der Waals surface area (Å²) in [6.07, 6.45) is 1.09. The Bertz CT molecular complexity index is 614. The lowest BCUT2D eigenvalue weighted by atomic mass is 10.1. The van der Waals surface area contributed by atoms with E-state index in [2.05, 4.69) is 17.1 Å². The van der Waals surface area contributed by atoms with Crippen LogP contribution in [-0.4, -0.2) is 20.8 Å². The SMILES string of the molecule is CCCSCc1noc(-c2ccc([N+](=O)[O-])cc2N)n1. The first-order chi connectivity index (χ1) is 9.61. The van der Waals surface area contributed by atoms with E-state index in [4.69, 9.17) is 10.3 Å². The first kappa shape index (κ1) is 14.3. The summed E-state index contributed by atoms with van der Waals surface area (Å²) in [6, 6.07) is 4.16. The molecule has 0 radical (unpaired) electrons. The van der Waals surface area contributed by atoms with Crippen molar-refractivity contribution in [2.24, 2.45) is 0 Å². The molecule has 2 N–H and O–H groups in total. The first-order valence-corrected chi connectivity index (χ1v) is 7.22. The third-order valence-corrected chi connectivity index (χ3v) is 3.68. The zero-order valence-electron chi connectivity index (χ0n) is 10.9. The molecule has 0 aliphatic heterocycles. The molecule has 7 nitrogen and oxygen atoms in total. The van der Waals surface area contributed by atoms with Gasteiger partial charge in [-0.2, -0.15) is 16.7 Å². The Hall–Kier alpha value is -2.09. The van der Waals surface area contributed by atoms with Crippen molar-refractivity contribution in [1.29, 1.82) is 0 Å². The van der Waals surface area contributed by atoms with Crippen molar-refractivity contribution in [2.45, 2.75) is 19.1 Å². The van der Waals surface area contributed by atoms with Gasteiger partial charge >= 0.3 is 0 Å². The van der Waals surface area contributed by atoms with Gasteiger partial charge in [0.2, 0.25) is 0 Å². The zero-order chi connectivity index (χ0) is 14.5. The van der Waals surface area contributed by atoms with Crippen molar-refractivity contribution >= 4 is 23.1 Å². The van der Waals surface area contributed by atoms with Gasteiger partial charge in [-0.15, -0.1) is 0 Å². The zero-order valence-corrected chi connectivity index (χ0v) is 11.7. The number of non-ortho nitro benzene ring substituents is 1. The van der Waals surface area contributed by atoms with Gasteiger partial charge < -0.3 is 10.3 Å². The fraction of sp³-hybridized carbons (Fsp3) is 0.333. The molecule has 0 aliphatic carbocycles. The van der Waals surface area contributed by atoms with E-state index in [1.807, 2.05) is 0 Å². The Morgan fingerprint density at radius 2 is 2.30 bits per heavy atom. The largest absolute Gasteiger partial charge is 0.398 e. The number of nitrogens with zero attached hydrogens (tertiary/aromatic N) is 3. The minimum atomic E-state index is -0.499. The minimum absolute atomic E-state index is 0.0653. The van der Waals surface area contributed by atoms with Crippen LogP contribution in [0.25, 0.3) is 11.5 Å². The molecule has 1 aromatic heterocycles. The topological polar surface area (TPSA) is 108 Å². The first-order valence-electron chi connectivity index (χ1n) is 6.06. The average molecular weight is 294 g/mol. The molecule has 0 spiro atoms. The Labute approximate surface area is 119 Å². The van der Waals surface area contributed by atoms with E-state index < -0.39 is 4.92 Å². The van der Waals surface area contributed by atoms with Crippen LogP contribution in [0.4, 0.5) is 11.4 Å². The van der Waals surface area contributed by atoms with Gasteiger partial charge in [0.05, 0.1) is 21.9 Å². The van der Waals surface area contributed by atoms with Crippen LogP contribution in [0.3, 0.4) is 0 Å². The van der Waals surface area contributed by atoms with Gasteiger partial charge in [0.1, 0.15) is 0 Å². The Balaban J connectivity index is 2.17. The fourth-order valence-electron chi connectivity index (χ4n) is 1.59. The number of rotatable bonds is 6. The van der Waals surface area contributed by atoms with Crippen molar-refractivity contribution in [1.82, 2.24) is 10.1 Å². The van der Waals surface area contributed by atoms with E-state index in [1.54, 1.807) is 11.8 Å². The molecule has 2 rings (SSSR count). The number of nitro groups is 1. The smallest absolute Gasteiger partial charge is 0.271 e. The van der Waals surface area contributed by atoms with Gasteiger partial charge in [-0.3, -0.25) is 10.1 Å². The number of nitrogens with two attached hydrogens (primary N) is 1. The van der Waals surface area contributed by atoms with Crippen molar-refractivity contribution in [2.75, 3.05) is 11.5 Å². The highest BCUT2D eigenvalue weighted by Crippen LogP contribution is 2.28. The molecular weight excluding hydrogens is 280 g/mol. The average Bonchev–Trinajstić information content (AvgIpc) is 2.87. The van der Waals surface area contributed by atoms with E-state index in [1.165, 1.54) is 18.2 Å². The van der Waals surface area contributed by atoms with E-state index >= 15 is 0 Å². The maximum Gasteiger partial charge on any atom is 0.271 e. The van der Waals surface area contributed by atoms with Crippen LogP contribution < -0.4 is 5.73 Å². The molecule has 0 aliphatic rings.